The van der Waals surface area contributed by atoms with E-state index in [0.717, 1.165) is 38.8 Å². The summed E-state index contributed by atoms with van der Waals surface area (Å²) in [6.45, 7) is 3.90. The lowest BCUT2D eigenvalue weighted by atomic mass is 9.98. The molecule has 164 valence electrons. The first-order chi connectivity index (χ1) is 15.9. The molecular weight excluding hydrogens is 451 g/mol. The van der Waals surface area contributed by atoms with E-state index in [9.17, 15) is 4.79 Å². The van der Waals surface area contributed by atoms with Crippen LogP contribution in [0.4, 0.5) is 11.4 Å². The molecule has 0 bridgehead atoms. The van der Waals surface area contributed by atoms with Crippen LogP contribution in [0.1, 0.15) is 22.7 Å². The molecule has 0 unspecified atom stereocenters. The van der Waals surface area contributed by atoms with Gasteiger partial charge in [0.15, 0.2) is 0 Å². The van der Waals surface area contributed by atoms with Crippen molar-refractivity contribution in [2.75, 3.05) is 10.2 Å². The maximum atomic E-state index is 13.7. The predicted octanol–water partition coefficient (Wildman–Crippen LogP) is 7.85. The Balaban J connectivity index is 1.63. The van der Waals surface area contributed by atoms with E-state index in [-0.39, 0.29) is 11.9 Å². The van der Waals surface area contributed by atoms with Gasteiger partial charge in [-0.3, -0.25) is 9.69 Å². The first-order valence-electron chi connectivity index (χ1n) is 10.7. The molecule has 0 saturated heterocycles. The molecule has 0 aliphatic carbocycles. The van der Waals surface area contributed by atoms with Crippen molar-refractivity contribution in [3.63, 3.8) is 0 Å². The predicted molar refractivity (Wildman–Crippen MR) is 138 cm³/mol. The summed E-state index contributed by atoms with van der Waals surface area (Å²) >= 11 is 12.8. The SMILES string of the molecule is Cc1ccc(NC2=C[C@@H](c3cccc4ccccc34)N(c3ccc(C)c(Cl)c3)C2=O)cc1Cl. The van der Waals surface area contributed by atoms with Gasteiger partial charge in [-0.2, -0.15) is 0 Å². The number of halogens is 2. The second-order valence-corrected chi connectivity index (χ2v) is 9.11. The third-order valence-electron chi connectivity index (χ3n) is 6.08. The zero-order valence-electron chi connectivity index (χ0n) is 18.3. The second-order valence-electron chi connectivity index (χ2n) is 8.29. The van der Waals surface area contributed by atoms with Crippen LogP contribution in [-0.2, 0) is 4.79 Å². The first-order valence-corrected chi connectivity index (χ1v) is 11.5. The average Bonchev–Trinajstić information content (AvgIpc) is 3.13. The average molecular weight is 473 g/mol. The van der Waals surface area contributed by atoms with Gasteiger partial charge in [-0.15, -0.1) is 0 Å². The van der Waals surface area contributed by atoms with Crippen LogP contribution < -0.4 is 10.2 Å². The zero-order valence-corrected chi connectivity index (χ0v) is 19.8. The van der Waals surface area contributed by atoms with E-state index in [0.29, 0.717) is 15.7 Å². The van der Waals surface area contributed by atoms with Gasteiger partial charge in [0.25, 0.3) is 5.91 Å². The normalized spacial score (nSPS) is 15.8. The maximum Gasteiger partial charge on any atom is 0.275 e. The van der Waals surface area contributed by atoms with Gasteiger partial charge in [0.05, 0.1) is 6.04 Å². The van der Waals surface area contributed by atoms with Gasteiger partial charge in [-0.1, -0.05) is 77.8 Å². The molecule has 1 atom stereocenters. The molecule has 1 N–H and O–H groups in total. The summed E-state index contributed by atoms with van der Waals surface area (Å²) in [7, 11) is 0. The van der Waals surface area contributed by atoms with Crippen LogP contribution in [0.25, 0.3) is 10.8 Å². The number of anilines is 2. The molecule has 0 radical (unpaired) electrons. The highest BCUT2D eigenvalue weighted by molar-refractivity contribution is 6.32. The van der Waals surface area contributed by atoms with Gasteiger partial charge < -0.3 is 5.32 Å². The van der Waals surface area contributed by atoms with Crippen LogP contribution in [-0.4, -0.2) is 5.91 Å². The molecular formula is C28H22Cl2N2O. The Bertz CT molecular complexity index is 1420. The van der Waals surface area contributed by atoms with Crippen molar-refractivity contribution in [3.8, 4) is 0 Å². The van der Waals surface area contributed by atoms with Crippen LogP contribution >= 0.6 is 23.2 Å². The highest BCUT2D eigenvalue weighted by atomic mass is 35.5. The molecule has 1 amide bonds. The number of carbonyl (C=O) groups is 1. The lowest BCUT2D eigenvalue weighted by Gasteiger charge is -2.26. The van der Waals surface area contributed by atoms with Crippen LogP contribution in [0.5, 0.6) is 0 Å². The Kier molecular flexibility index (Phi) is 5.61. The molecule has 3 nitrogen and oxygen atoms in total. The third kappa shape index (κ3) is 3.99. The molecule has 0 aromatic heterocycles. The van der Waals surface area contributed by atoms with Gasteiger partial charge in [0.1, 0.15) is 5.70 Å². The molecule has 1 aliphatic rings. The second kappa shape index (κ2) is 8.58. The van der Waals surface area contributed by atoms with E-state index in [2.05, 4.69) is 29.6 Å². The number of amides is 1. The lowest BCUT2D eigenvalue weighted by molar-refractivity contribution is -0.114. The molecule has 5 heteroatoms. The zero-order chi connectivity index (χ0) is 23.1. The fourth-order valence-electron chi connectivity index (χ4n) is 4.23. The monoisotopic (exact) mass is 472 g/mol. The minimum absolute atomic E-state index is 0.121. The minimum atomic E-state index is -0.286. The highest BCUT2D eigenvalue weighted by Gasteiger charge is 2.35. The fourth-order valence-corrected chi connectivity index (χ4v) is 4.58. The summed E-state index contributed by atoms with van der Waals surface area (Å²) in [5.41, 5.74) is 5.03. The Morgan fingerprint density at radius 1 is 0.818 bits per heavy atom. The van der Waals surface area contributed by atoms with E-state index in [4.69, 9.17) is 23.2 Å². The van der Waals surface area contributed by atoms with Crippen LogP contribution in [0.3, 0.4) is 0 Å². The molecule has 4 aromatic rings. The first kappa shape index (κ1) is 21.6. The Morgan fingerprint density at radius 3 is 2.27 bits per heavy atom. The van der Waals surface area contributed by atoms with Crippen LogP contribution in [0.15, 0.2) is 90.6 Å². The maximum absolute atomic E-state index is 13.7. The number of hydrogen-bond donors (Lipinski definition) is 1. The largest absolute Gasteiger partial charge is 0.351 e. The molecule has 1 heterocycles. The van der Waals surface area contributed by atoms with Crippen molar-refractivity contribution >= 4 is 51.3 Å². The number of hydrogen-bond acceptors (Lipinski definition) is 2. The number of carbonyl (C=O) groups excluding carboxylic acids is 1. The summed E-state index contributed by atoms with van der Waals surface area (Å²) < 4.78 is 0. The summed E-state index contributed by atoms with van der Waals surface area (Å²) in [5, 5.41) is 6.80. The van der Waals surface area contributed by atoms with E-state index in [1.54, 1.807) is 4.90 Å². The van der Waals surface area contributed by atoms with Gasteiger partial charge in [0.2, 0.25) is 0 Å². The number of aryl methyl sites for hydroxylation is 2. The minimum Gasteiger partial charge on any atom is -0.351 e. The number of nitrogens with zero attached hydrogens (tertiary/aromatic N) is 1. The summed E-state index contributed by atoms with van der Waals surface area (Å²) in [6, 6.07) is 25.5. The van der Waals surface area contributed by atoms with Crippen molar-refractivity contribution in [3.05, 3.63) is 117 Å². The molecule has 33 heavy (non-hydrogen) atoms. The lowest BCUT2D eigenvalue weighted by Crippen LogP contribution is -2.31. The molecule has 1 aliphatic heterocycles. The molecule has 4 aromatic carbocycles. The third-order valence-corrected chi connectivity index (χ3v) is 6.89. The topological polar surface area (TPSA) is 32.3 Å². The van der Waals surface area contributed by atoms with Crippen molar-refractivity contribution in [2.45, 2.75) is 19.9 Å². The number of nitrogens with one attached hydrogen (secondary N) is 1. The quantitative estimate of drug-likeness (QED) is 0.327. The summed E-state index contributed by atoms with van der Waals surface area (Å²) in [6.07, 6.45) is 1.98. The van der Waals surface area contributed by atoms with E-state index in [1.165, 1.54) is 0 Å². The van der Waals surface area contributed by atoms with Crippen molar-refractivity contribution < 1.29 is 4.79 Å². The Hall–Kier alpha value is -3.27. The summed E-state index contributed by atoms with van der Waals surface area (Å²) in [5.74, 6) is -0.121. The van der Waals surface area contributed by atoms with Crippen molar-refractivity contribution in [2.24, 2.45) is 0 Å². The summed E-state index contributed by atoms with van der Waals surface area (Å²) in [4.78, 5) is 15.5. The smallest absolute Gasteiger partial charge is 0.275 e. The molecule has 0 saturated carbocycles. The fraction of sp³-hybridized carbons (Fsp3) is 0.107. The van der Waals surface area contributed by atoms with Crippen LogP contribution in [0, 0.1) is 13.8 Å². The standard InChI is InChI=1S/C28H22Cl2N2O/c1-17-10-12-20(14-24(17)29)31-26-16-27(23-9-5-7-19-6-3-4-8-22(19)23)32(28(26)33)21-13-11-18(2)25(30)15-21/h3-16,27,31H,1-2H3/t27-/m0/s1. The van der Waals surface area contributed by atoms with E-state index >= 15 is 0 Å². The molecule has 0 spiro atoms. The number of rotatable bonds is 4. The number of fused-ring (bicyclic) bond motifs is 1. The Labute approximate surface area is 203 Å². The van der Waals surface area contributed by atoms with Crippen molar-refractivity contribution in [1.82, 2.24) is 0 Å². The van der Waals surface area contributed by atoms with Crippen molar-refractivity contribution in [1.29, 1.82) is 0 Å². The van der Waals surface area contributed by atoms with E-state index in [1.807, 2.05) is 74.5 Å². The van der Waals surface area contributed by atoms with Gasteiger partial charge >= 0.3 is 0 Å². The van der Waals surface area contributed by atoms with Crippen LogP contribution in [0.2, 0.25) is 10.0 Å². The molecule has 0 fully saturated rings. The molecule has 5 rings (SSSR count). The van der Waals surface area contributed by atoms with E-state index < -0.39 is 0 Å². The van der Waals surface area contributed by atoms with Gasteiger partial charge in [-0.05, 0) is 71.7 Å². The highest BCUT2D eigenvalue weighted by Crippen LogP contribution is 2.40. The van der Waals surface area contributed by atoms with Gasteiger partial charge in [-0.25, -0.2) is 0 Å². The Morgan fingerprint density at radius 2 is 1.52 bits per heavy atom. The number of benzene rings is 4. The van der Waals surface area contributed by atoms with Gasteiger partial charge in [0, 0.05) is 21.4 Å².